The third-order valence-corrected chi connectivity index (χ3v) is 5.03. The van der Waals surface area contributed by atoms with E-state index in [9.17, 15) is 4.79 Å². The maximum absolute atomic E-state index is 12.6. The molecule has 21 heavy (non-hydrogen) atoms. The minimum atomic E-state index is -0.0256. The van der Waals surface area contributed by atoms with Crippen molar-refractivity contribution in [1.29, 1.82) is 0 Å². The van der Waals surface area contributed by atoms with E-state index in [1.807, 2.05) is 14.0 Å². The molecule has 112 valence electrons. The molecular weight excluding hydrogens is 286 g/mol. The van der Waals surface area contributed by atoms with Crippen LogP contribution < -0.4 is 5.73 Å². The van der Waals surface area contributed by atoms with Crippen molar-refractivity contribution in [1.82, 2.24) is 9.88 Å². The molecule has 1 unspecified atom stereocenters. The van der Waals surface area contributed by atoms with Crippen LogP contribution in [0.25, 0.3) is 0 Å². The third kappa shape index (κ3) is 2.61. The van der Waals surface area contributed by atoms with Crippen molar-refractivity contribution >= 4 is 17.2 Å². The van der Waals surface area contributed by atoms with E-state index in [1.54, 1.807) is 22.3 Å². The summed E-state index contributed by atoms with van der Waals surface area (Å²) < 4.78 is 5.26. The monoisotopic (exact) mass is 305 g/mol. The van der Waals surface area contributed by atoms with E-state index < -0.39 is 0 Å². The second-order valence-electron chi connectivity index (χ2n) is 5.37. The van der Waals surface area contributed by atoms with Gasteiger partial charge in [-0.3, -0.25) is 4.79 Å². The highest BCUT2D eigenvalue weighted by atomic mass is 32.1. The number of thiazole rings is 1. The molecule has 0 saturated carbocycles. The Bertz CT molecular complexity index is 662. The van der Waals surface area contributed by atoms with E-state index in [1.165, 1.54) is 11.1 Å². The fourth-order valence-corrected chi connectivity index (χ4v) is 3.99. The van der Waals surface area contributed by atoms with E-state index in [2.05, 4.69) is 4.98 Å². The molecule has 0 saturated heterocycles. The largest absolute Gasteiger partial charge is 0.467 e. The second-order valence-corrected chi connectivity index (χ2v) is 6.61. The number of furan rings is 1. The van der Waals surface area contributed by atoms with Gasteiger partial charge in [0.05, 0.1) is 33.7 Å². The maximum atomic E-state index is 12.6. The van der Waals surface area contributed by atoms with Crippen LogP contribution in [0.15, 0.2) is 16.7 Å². The van der Waals surface area contributed by atoms with Gasteiger partial charge in [-0.1, -0.05) is 0 Å². The van der Waals surface area contributed by atoms with Crippen molar-refractivity contribution in [2.45, 2.75) is 38.8 Å². The second kappa shape index (κ2) is 5.61. The zero-order chi connectivity index (χ0) is 15.0. The molecule has 0 spiro atoms. The van der Waals surface area contributed by atoms with Gasteiger partial charge in [0.1, 0.15) is 12.0 Å². The Hall–Kier alpha value is -1.66. The number of nitrogens with two attached hydrogens (primary N) is 1. The quantitative estimate of drug-likeness (QED) is 0.946. The molecule has 6 heteroatoms. The van der Waals surface area contributed by atoms with Crippen LogP contribution in [0.5, 0.6) is 0 Å². The Morgan fingerprint density at radius 1 is 1.62 bits per heavy atom. The Morgan fingerprint density at radius 2 is 2.43 bits per heavy atom. The van der Waals surface area contributed by atoms with Crippen LogP contribution in [0.3, 0.4) is 0 Å². The zero-order valence-electron chi connectivity index (χ0n) is 12.3. The molecule has 2 heterocycles. The highest BCUT2D eigenvalue weighted by Gasteiger charge is 2.30. The summed E-state index contributed by atoms with van der Waals surface area (Å²) in [6.45, 7) is 2.32. The number of hydrogen-bond donors (Lipinski definition) is 1. The Labute approximate surface area is 127 Å². The lowest BCUT2D eigenvalue weighted by Crippen LogP contribution is -2.32. The molecule has 0 bridgehead atoms. The van der Waals surface area contributed by atoms with Gasteiger partial charge in [-0.25, -0.2) is 4.98 Å². The molecule has 2 aromatic rings. The summed E-state index contributed by atoms with van der Waals surface area (Å²) >= 11 is 1.70. The van der Waals surface area contributed by atoms with Gasteiger partial charge in [-0.2, -0.15) is 0 Å². The highest BCUT2D eigenvalue weighted by Crippen LogP contribution is 2.37. The number of amides is 1. The lowest BCUT2D eigenvalue weighted by Gasteiger charge is -2.30. The van der Waals surface area contributed by atoms with Gasteiger partial charge >= 0.3 is 0 Å². The van der Waals surface area contributed by atoms with E-state index in [-0.39, 0.29) is 11.9 Å². The summed E-state index contributed by atoms with van der Waals surface area (Å²) in [7, 11) is 1.85. The summed E-state index contributed by atoms with van der Waals surface area (Å²) in [6.07, 6.45) is 4.56. The number of rotatable bonds is 3. The van der Waals surface area contributed by atoms with E-state index >= 15 is 0 Å². The average Bonchev–Trinajstić information content (AvgIpc) is 3.10. The summed E-state index contributed by atoms with van der Waals surface area (Å²) in [5.74, 6) is 0.604. The van der Waals surface area contributed by atoms with E-state index in [0.29, 0.717) is 17.9 Å². The number of hydrogen-bond acceptors (Lipinski definition) is 5. The van der Waals surface area contributed by atoms with Crippen LogP contribution in [-0.2, 0) is 13.0 Å². The topological polar surface area (TPSA) is 72.4 Å². The van der Waals surface area contributed by atoms with Crippen molar-refractivity contribution in [3.63, 3.8) is 0 Å². The first-order chi connectivity index (χ1) is 10.1. The van der Waals surface area contributed by atoms with Crippen LogP contribution in [0.1, 0.15) is 50.6 Å². The number of aromatic nitrogens is 1. The summed E-state index contributed by atoms with van der Waals surface area (Å²) in [5.41, 5.74) is 7.24. The summed E-state index contributed by atoms with van der Waals surface area (Å²) in [4.78, 5) is 20.2. The third-order valence-electron chi connectivity index (χ3n) is 3.92. The number of nitrogens with zero attached hydrogens (tertiary/aromatic N) is 2. The molecule has 1 amide bonds. The van der Waals surface area contributed by atoms with Crippen LogP contribution >= 0.6 is 11.3 Å². The molecule has 1 aliphatic rings. The SMILES string of the molecule is Cc1nc2c(s1)C(N(C)C(=O)c1coc(CN)c1)CCC2. The highest BCUT2D eigenvalue weighted by molar-refractivity contribution is 7.11. The Balaban J connectivity index is 1.85. The average molecular weight is 305 g/mol. The molecule has 2 aromatic heterocycles. The molecule has 0 radical (unpaired) electrons. The van der Waals surface area contributed by atoms with Gasteiger partial charge in [0.25, 0.3) is 5.91 Å². The summed E-state index contributed by atoms with van der Waals surface area (Å²) in [5, 5.41) is 1.07. The van der Waals surface area contributed by atoms with Crippen molar-refractivity contribution in [2.24, 2.45) is 5.73 Å². The first-order valence-electron chi connectivity index (χ1n) is 7.11. The molecule has 2 N–H and O–H groups in total. The number of carbonyl (C=O) groups is 1. The van der Waals surface area contributed by atoms with E-state index in [4.69, 9.17) is 10.2 Å². The molecular formula is C15H19N3O2S. The first-order valence-corrected chi connectivity index (χ1v) is 7.92. The van der Waals surface area contributed by atoms with Crippen LogP contribution in [0, 0.1) is 6.92 Å². The molecule has 0 fully saturated rings. The number of fused-ring (bicyclic) bond motifs is 1. The molecule has 1 atom stereocenters. The fraction of sp³-hybridized carbons (Fsp3) is 0.467. The van der Waals surface area contributed by atoms with Crippen molar-refractivity contribution in [2.75, 3.05) is 7.05 Å². The van der Waals surface area contributed by atoms with Crippen molar-refractivity contribution in [3.05, 3.63) is 39.2 Å². The van der Waals surface area contributed by atoms with Crippen LogP contribution in [-0.4, -0.2) is 22.8 Å². The van der Waals surface area contributed by atoms with Gasteiger partial charge in [0, 0.05) is 7.05 Å². The molecule has 3 rings (SSSR count). The number of aryl methyl sites for hydroxylation is 2. The predicted octanol–water partition coefficient (Wildman–Crippen LogP) is 2.65. The normalized spacial score (nSPS) is 17.6. The molecule has 5 nitrogen and oxygen atoms in total. The first kappa shape index (κ1) is 14.3. The lowest BCUT2D eigenvalue weighted by molar-refractivity contribution is 0.0717. The zero-order valence-corrected chi connectivity index (χ0v) is 13.1. The Kier molecular flexibility index (Phi) is 3.82. The Morgan fingerprint density at radius 3 is 3.14 bits per heavy atom. The van der Waals surface area contributed by atoms with Crippen LogP contribution in [0.4, 0.5) is 0 Å². The van der Waals surface area contributed by atoms with Gasteiger partial charge in [-0.15, -0.1) is 11.3 Å². The van der Waals surface area contributed by atoms with Gasteiger partial charge in [0.2, 0.25) is 0 Å². The van der Waals surface area contributed by atoms with Crippen molar-refractivity contribution in [3.8, 4) is 0 Å². The predicted molar refractivity (Wildman–Crippen MR) is 81.2 cm³/mol. The summed E-state index contributed by atoms with van der Waals surface area (Å²) in [6, 6.07) is 1.84. The molecule has 0 aliphatic heterocycles. The van der Waals surface area contributed by atoms with Gasteiger partial charge in [-0.05, 0) is 32.3 Å². The van der Waals surface area contributed by atoms with Gasteiger partial charge < -0.3 is 15.1 Å². The minimum Gasteiger partial charge on any atom is -0.467 e. The smallest absolute Gasteiger partial charge is 0.257 e. The fourth-order valence-electron chi connectivity index (χ4n) is 2.83. The number of carbonyl (C=O) groups excluding carboxylic acids is 1. The molecule has 1 aliphatic carbocycles. The molecule has 0 aromatic carbocycles. The maximum Gasteiger partial charge on any atom is 0.257 e. The van der Waals surface area contributed by atoms with Crippen LogP contribution in [0.2, 0.25) is 0 Å². The van der Waals surface area contributed by atoms with Gasteiger partial charge in [0.15, 0.2) is 0 Å². The standard InChI is InChI=1S/C15H19N3O2S/c1-9-17-12-4-3-5-13(14(12)21-9)18(2)15(19)10-6-11(7-16)20-8-10/h6,8,13H,3-5,7,16H2,1-2H3. The lowest BCUT2D eigenvalue weighted by atomic mass is 9.96. The van der Waals surface area contributed by atoms with E-state index in [0.717, 1.165) is 30.0 Å². The minimum absolute atomic E-state index is 0.0256. The van der Waals surface area contributed by atoms with Crippen molar-refractivity contribution < 1.29 is 9.21 Å².